The van der Waals surface area contributed by atoms with E-state index < -0.39 is 8.32 Å². The first-order chi connectivity index (χ1) is 10.0. The van der Waals surface area contributed by atoms with Crippen molar-refractivity contribution in [3.05, 3.63) is 0 Å². The third-order valence-electron chi connectivity index (χ3n) is 7.45. The number of fused-ring (bicyclic) bond motifs is 1. The smallest absolute Gasteiger partial charge is 0.192 e. The van der Waals surface area contributed by atoms with E-state index in [-0.39, 0.29) is 0 Å². The van der Waals surface area contributed by atoms with Gasteiger partial charge in [-0.25, -0.2) is 0 Å². The van der Waals surface area contributed by atoms with Gasteiger partial charge in [0.15, 0.2) is 8.32 Å². The fourth-order valence-electron chi connectivity index (χ4n) is 4.96. The number of rotatable bonds is 4. The van der Waals surface area contributed by atoms with E-state index in [9.17, 15) is 0 Å². The second-order valence-corrected chi connectivity index (χ2v) is 14.6. The number of hydrogen-bond acceptors (Lipinski definition) is 2. The van der Waals surface area contributed by atoms with E-state index in [4.69, 9.17) is 10.2 Å². The second kappa shape index (κ2) is 6.21. The third-order valence-corrected chi connectivity index (χ3v) is 12.0. The highest BCUT2D eigenvalue weighted by Crippen LogP contribution is 2.58. The summed E-state index contributed by atoms with van der Waals surface area (Å²) in [5.41, 5.74) is 6.46. The summed E-state index contributed by atoms with van der Waals surface area (Å²) in [6.45, 7) is 17.6. The molecule has 130 valence electrons. The summed E-state index contributed by atoms with van der Waals surface area (Å²) in [6.07, 6.45) is 7.19. The van der Waals surface area contributed by atoms with Gasteiger partial charge < -0.3 is 10.2 Å². The maximum absolute atomic E-state index is 6.89. The van der Waals surface area contributed by atoms with Gasteiger partial charge in [-0.1, -0.05) is 41.0 Å². The molecule has 0 radical (unpaired) electrons. The summed E-state index contributed by atoms with van der Waals surface area (Å²) < 4.78 is 6.89. The Hall–Kier alpha value is 0.137. The molecule has 2 saturated carbocycles. The van der Waals surface area contributed by atoms with Gasteiger partial charge in [-0.05, 0) is 73.5 Å². The van der Waals surface area contributed by atoms with Crippen LogP contribution in [0.4, 0.5) is 0 Å². The van der Waals surface area contributed by atoms with Crippen LogP contribution in [0.2, 0.25) is 18.1 Å². The molecule has 0 saturated heterocycles. The first kappa shape index (κ1) is 18.5. The Balaban J connectivity index is 2.17. The van der Waals surface area contributed by atoms with Crippen LogP contribution in [0.3, 0.4) is 0 Å². The van der Waals surface area contributed by atoms with Crippen LogP contribution in [0.1, 0.15) is 66.7 Å². The lowest BCUT2D eigenvalue weighted by Gasteiger charge is -2.49. The van der Waals surface area contributed by atoms with E-state index in [1.807, 2.05) is 0 Å². The SMILES string of the molecule is C[C@H](CN)[C@H]1CC[C@H]2[C@@H](O[Si](C)(C)C(C)(C)C)CCC[C@]12C. The minimum atomic E-state index is -1.67. The van der Waals surface area contributed by atoms with E-state index >= 15 is 0 Å². The molecule has 2 rings (SSSR count). The lowest BCUT2D eigenvalue weighted by atomic mass is 9.62. The number of hydrogen-bond donors (Lipinski definition) is 1. The molecule has 2 N–H and O–H groups in total. The average molecular weight is 326 g/mol. The van der Waals surface area contributed by atoms with E-state index in [2.05, 4.69) is 47.7 Å². The van der Waals surface area contributed by atoms with Crippen molar-refractivity contribution in [2.24, 2.45) is 28.9 Å². The molecule has 2 aliphatic carbocycles. The highest BCUT2D eigenvalue weighted by atomic mass is 28.4. The second-order valence-electron chi connectivity index (χ2n) is 9.82. The molecular weight excluding hydrogens is 286 g/mol. The predicted molar refractivity (Wildman–Crippen MR) is 98.5 cm³/mol. The van der Waals surface area contributed by atoms with E-state index in [1.165, 1.54) is 32.1 Å². The van der Waals surface area contributed by atoms with Crippen LogP contribution in [0.15, 0.2) is 0 Å². The van der Waals surface area contributed by atoms with Gasteiger partial charge in [0.05, 0.1) is 0 Å². The van der Waals surface area contributed by atoms with Gasteiger partial charge in [0, 0.05) is 6.10 Å². The van der Waals surface area contributed by atoms with Crippen LogP contribution < -0.4 is 5.73 Å². The zero-order chi connectivity index (χ0) is 16.8. The van der Waals surface area contributed by atoms with Crippen LogP contribution in [0.25, 0.3) is 0 Å². The van der Waals surface area contributed by atoms with Crippen molar-refractivity contribution in [1.82, 2.24) is 0 Å². The molecule has 2 aliphatic rings. The normalized spacial score (nSPS) is 37.9. The maximum atomic E-state index is 6.89. The standard InChI is InChI=1S/C19H39NOSi/c1-14(13-20)15-10-11-16-17(9-8-12-19(15,16)5)21-22(6,7)18(2,3)4/h14-17H,8-13,20H2,1-7H3/t14-,15-,16+,17+,19-/m1/s1. The molecule has 0 aromatic heterocycles. The van der Waals surface area contributed by atoms with E-state index in [1.54, 1.807) is 0 Å². The third kappa shape index (κ3) is 3.18. The summed E-state index contributed by atoms with van der Waals surface area (Å²) in [5.74, 6) is 2.21. The molecule has 0 spiro atoms. The van der Waals surface area contributed by atoms with Gasteiger partial charge in [-0.2, -0.15) is 0 Å². The van der Waals surface area contributed by atoms with E-state index in [0.717, 1.165) is 18.4 Å². The molecule has 0 amide bonds. The van der Waals surface area contributed by atoms with Crippen LogP contribution >= 0.6 is 0 Å². The lowest BCUT2D eigenvalue weighted by Crippen LogP contribution is -2.50. The Morgan fingerprint density at radius 1 is 1.23 bits per heavy atom. The predicted octanol–water partition coefficient (Wildman–Crippen LogP) is 5.19. The quantitative estimate of drug-likeness (QED) is 0.722. The molecule has 0 bridgehead atoms. The Labute approximate surface area is 139 Å². The molecule has 0 aromatic rings. The Morgan fingerprint density at radius 2 is 1.86 bits per heavy atom. The van der Waals surface area contributed by atoms with Crippen molar-refractivity contribution in [3.63, 3.8) is 0 Å². The van der Waals surface area contributed by atoms with Gasteiger partial charge in [-0.3, -0.25) is 0 Å². The van der Waals surface area contributed by atoms with Crippen molar-refractivity contribution in [3.8, 4) is 0 Å². The molecule has 0 unspecified atom stereocenters. The van der Waals surface area contributed by atoms with Crippen molar-refractivity contribution >= 4 is 8.32 Å². The Bertz CT molecular complexity index is 389. The fourth-order valence-corrected chi connectivity index (χ4v) is 6.35. The largest absolute Gasteiger partial charge is 0.414 e. The topological polar surface area (TPSA) is 35.2 Å². The zero-order valence-corrected chi connectivity index (χ0v) is 17.0. The summed E-state index contributed by atoms with van der Waals surface area (Å²) in [7, 11) is -1.67. The Morgan fingerprint density at radius 3 is 2.41 bits per heavy atom. The van der Waals surface area contributed by atoms with Gasteiger partial charge >= 0.3 is 0 Å². The molecule has 22 heavy (non-hydrogen) atoms. The minimum absolute atomic E-state index is 0.309. The maximum Gasteiger partial charge on any atom is 0.192 e. The fraction of sp³-hybridized carbons (Fsp3) is 1.00. The lowest BCUT2D eigenvalue weighted by molar-refractivity contribution is -0.0194. The zero-order valence-electron chi connectivity index (χ0n) is 16.0. The minimum Gasteiger partial charge on any atom is -0.414 e. The van der Waals surface area contributed by atoms with Crippen LogP contribution in [0, 0.1) is 23.2 Å². The average Bonchev–Trinajstić information content (AvgIpc) is 2.74. The van der Waals surface area contributed by atoms with Crippen molar-refractivity contribution in [1.29, 1.82) is 0 Å². The molecule has 2 nitrogen and oxygen atoms in total. The molecule has 3 heteroatoms. The first-order valence-electron chi connectivity index (χ1n) is 9.41. The summed E-state index contributed by atoms with van der Waals surface area (Å²) in [4.78, 5) is 0. The van der Waals surface area contributed by atoms with Gasteiger partial charge in [-0.15, -0.1) is 0 Å². The summed E-state index contributed by atoms with van der Waals surface area (Å²) in [5, 5.41) is 0.309. The van der Waals surface area contributed by atoms with Crippen LogP contribution in [0.5, 0.6) is 0 Å². The molecule has 0 heterocycles. The first-order valence-corrected chi connectivity index (χ1v) is 12.3. The summed E-state index contributed by atoms with van der Waals surface area (Å²) >= 11 is 0. The van der Waals surface area contributed by atoms with Crippen molar-refractivity contribution in [2.75, 3.05) is 6.54 Å². The van der Waals surface area contributed by atoms with Crippen molar-refractivity contribution in [2.45, 2.75) is 91.0 Å². The van der Waals surface area contributed by atoms with E-state index in [0.29, 0.717) is 22.5 Å². The van der Waals surface area contributed by atoms with Crippen molar-refractivity contribution < 1.29 is 4.43 Å². The molecule has 2 fully saturated rings. The highest BCUT2D eigenvalue weighted by molar-refractivity contribution is 6.74. The molecular formula is C19H39NOSi. The summed E-state index contributed by atoms with van der Waals surface area (Å²) in [6, 6.07) is 0. The Kier molecular flexibility index (Phi) is 5.22. The van der Waals surface area contributed by atoms with Crippen LogP contribution in [-0.2, 0) is 4.43 Å². The molecule has 0 aliphatic heterocycles. The van der Waals surface area contributed by atoms with Gasteiger partial charge in [0.2, 0.25) is 0 Å². The monoisotopic (exact) mass is 325 g/mol. The van der Waals surface area contributed by atoms with Gasteiger partial charge in [0.1, 0.15) is 0 Å². The molecule has 5 atom stereocenters. The van der Waals surface area contributed by atoms with Gasteiger partial charge in [0.25, 0.3) is 0 Å². The molecule has 0 aromatic carbocycles. The van der Waals surface area contributed by atoms with Crippen LogP contribution in [-0.4, -0.2) is 21.0 Å². The highest BCUT2D eigenvalue weighted by Gasteiger charge is 2.54. The number of nitrogens with two attached hydrogens (primary N) is 1.